The number of rotatable bonds is 8. The Kier molecular flexibility index (Phi) is 9.34. The van der Waals surface area contributed by atoms with Crippen LogP contribution in [0.2, 0.25) is 0 Å². The SMILES string of the molecule is CCOC(=O)c1c(NC(=O)C(c2ccccc2)c2ccccc2)sc2c1CCN(Cc1ccccc1)C2.Cl. The Bertz CT molecular complexity index is 1320. The molecule has 0 saturated carbocycles. The molecular formula is C31H31ClN2O3S. The number of nitrogens with one attached hydrogen (secondary N) is 1. The standard InChI is InChI=1S/C31H30N2O3S.ClH/c1-2-36-31(35)28-25-18-19-33(20-22-12-6-3-7-13-22)21-26(25)37-30(28)32-29(34)27(23-14-8-4-9-15-23)24-16-10-5-11-17-24;/h3-17,27H,2,18-21H2,1H3,(H,32,34);1H. The highest BCUT2D eigenvalue weighted by Crippen LogP contribution is 2.39. The zero-order valence-electron chi connectivity index (χ0n) is 21.3. The molecule has 1 aliphatic rings. The monoisotopic (exact) mass is 546 g/mol. The quantitative estimate of drug-likeness (QED) is 0.251. The molecule has 5 rings (SSSR count). The number of anilines is 1. The van der Waals surface area contributed by atoms with Gasteiger partial charge in [0.15, 0.2) is 0 Å². The van der Waals surface area contributed by atoms with E-state index < -0.39 is 5.92 Å². The summed E-state index contributed by atoms with van der Waals surface area (Å²) in [6.07, 6.45) is 0.740. The third-order valence-corrected chi connectivity index (χ3v) is 7.76. The molecule has 1 aromatic heterocycles. The number of thiophene rings is 1. The minimum absolute atomic E-state index is 0. The number of carbonyl (C=O) groups is 2. The molecule has 3 aromatic carbocycles. The second-order valence-corrected chi connectivity index (χ2v) is 10.2. The number of esters is 1. The summed E-state index contributed by atoms with van der Waals surface area (Å²) in [6.45, 7) is 4.51. The molecule has 0 unspecified atom stereocenters. The fourth-order valence-corrected chi connectivity index (χ4v) is 6.19. The van der Waals surface area contributed by atoms with Gasteiger partial charge in [0.1, 0.15) is 5.00 Å². The number of ether oxygens (including phenoxy) is 1. The van der Waals surface area contributed by atoms with Crippen molar-refractivity contribution in [1.82, 2.24) is 4.90 Å². The van der Waals surface area contributed by atoms with Crippen molar-refractivity contribution in [1.29, 1.82) is 0 Å². The molecule has 7 heteroatoms. The Morgan fingerprint density at radius 2 is 1.50 bits per heavy atom. The highest BCUT2D eigenvalue weighted by molar-refractivity contribution is 7.17. The summed E-state index contributed by atoms with van der Waals surface area (Å²) in [5, 5.41) is 3.70. The van der Waals surface area contributed by atoms with Gasteiger partial charge in [0.25, 0.3) is 0 Å². The summed E-state index contributed by atoms with van der Waals surface area (Å²) in [5.74, 6) is -1.03. The molecule has 0 spiro atoms. The summed E-state index contributed by atoms with van der Waals surface area (Å²) in [5.41, 5.74) is 4.57. The van der Waals surface area contributed by atoms with Gasteiger partial charge in [-0.3, -0.25) is 9.69 Å². The molecule has 0 bridgehead atoms. The molecule has 38 heavy (non-hydrogen) atoms. The number of carbonyl (C=O) groups excluding carboxylic acids is 2. The van der Waals surface area contributed by atoms with Crippen LogP contribution < -0.4 is 5.32 Å². The summed E-state index contributed by atoms with van der Waals surface area (Å²) in [7, 11) is 0. The van der Waals surface area contributed by atoms with Crippen LogP contribution in [0, 0.1) is 0 Å². The van der Waals surface area contributed by atoms with Gasteiger partial charge in [-0.05, 0) is 35.6 Å². The van der Waals surface area contributed by atoms with Crippen molar-refractivity contribution in [2.45, 2.75) is 32.4 Å². The first-order valence-corrected chi connectivity index (χ1v) is 13.4. The largest absolute Gasteiger partial charge is 0.462 e. The highest BCUT2D eigenvalue weighted by Gasteiger charge is 2.31. The lowest BCUT2D eigenvalue weighted by molar-refractivity contribution is -0.116. The van der Waals surface area contributed by atoms with Crippen LogP contribution in [-0.4, -0.2) is 29.9 Å². The number of nitrogens with zero attached hydrogens (tertiary/aromatic N) is 1. The predicted octanol–water partition coefficient (Wildman–Crippen LogP) is 6.68. The lowest BCUT2D eigenvalue weighted by Gasteiger charge is -2.27. The van der Waals surface area contributed by atoms with Gasteiger partial charge in [-0.25, -0.2) is 4.79 Å². The van der Waals surface area contributed by atoms with E-state index in [1.54, 1.807) is 6.92 Å². The number of fused-ring (bicyclic) bond motifs is 1. The molecule has 0 saturated heterocycles. The van der Waals surface area contributed by atoms with Crippen LogP contribution in [0.4, 0.5) is 5.00 Å². The summed E-state index contributed by atoms with van der Waals surface area (Å²) < 4.78 is 5.43. The molecule has 1 N–H and O–H groups in total. The van der Waals surface area contributed by atoms with Gasteiger partial charge in [0.05, 0.1) is 18.1 Å². The molecule has 5 nitrogen and oxygen atoms in total. The number of hydrogen-bond donors (Lipinski definition) is 1. The third kappa shape index (κ3) is 6.16. The summed E-state index contributed by atoms with van der Waals surface area (Å²) in [4.78, 5) is 30.4. The van der Waals surface area contributed by atoms with Crippen molar-refractivity contribution in [3.8, 4) is 0 Å². The van der Waals surface area contributed by atoms with Crippen molar-refractivity contribution >= 4 is 40.6 Å². The van der Waals surface area contributed by atoms with Gasteiger partial charge in [0.2, 0.25) is 5.91 Å². The first-order valence-electron chi connectivity index (χ1n) is 12.6. The average molecular weight is 547 g/mol. The van der Waals surface area contributed by atoms with Gasteiger partial charge >= 0.3 is 5.97 Å². The average Bonchev–Trinajstić information content (AvgIpc) is 3.28. The molecule has 2 heterocycles. The van der Waals surface area contributed by atoms with Crippen molar-refractivity contribution in [3.05, 3.63) is 124 Å². The van der Waals surface area contributed by atoms with E-state index in [1.807, 2.05) is 66.7 Å². The fraction of sp³-hybridized carbons (Fsp3) is 0.226. The maximum atomic E-state index is 13.8. The lowest BCUT2D eigenvalue weighted by atomic mass is 9.90. The van der Waals surface area contributed by atoms with Gasteiger partial charge in [0, 0.05) is 24.5 Å². The summed E-state index contributed by atoms with van der Waals surface area (Å²) >= 11 is 1.49. The summed E-state index contributed by atoms with van der Waals surface area (Å²) in [6, 6.07) is 29.9. The Hall–Kier alpha value is -3.45. The Labute approximate surface area is 233 Å². The first kappa shape index (κ1) is 27.6. The van der Waals surface area contributed by atoms with E-state index in [4.69, 9.17) is 4.74 Å². The molecule has 4 aromatic rings. The van der Waals surface area contributed by atoms with Crippen LogP contribution in [-0.2, 0) is 29.0 Å². The smallest absolute Gasteiger partial charge is 0.341 e. The van der Waals surface area contributed by atoms with E-state index in [9.17, 15) is 9.59 Å². The van der Waals surface area contributed by atoms with Crippen LogP contribution in [0.5, 0.6) is 0 Å². The van der Waals surface area contributed by atoms with Gasteiger partial charge < -0.3 is 10.1 Å². The molecule has 1 aliphatic heterocycles. The molecule has 196 valence electrons. The van der Waals surface area contributed by atoms with E-state index in [0.29, 0.717) is 10.6 Å². The lowest BCUT2D eigenvalue weighted by Crippen LogP contribution is -2.30. The van der Waals surface area contributed by atoms with Crippen molar-refractivity contribution in [2.75, 3.05) is 18.5 Å². The van der Waals surface area contributed by atoms with Gasteiger partial charge in [-0.2, -0.15) is 0 Å². The normalized spacial score (nSPS) is 12.9. The molecule has 0 radical (unpaired) electrons. The number of amides is 1. The van der Waals surface area contributed by atoms with Crippen LogP contribution in [0.15, 0.2) is 91.0 Å². The highest BCUT2D eigenvalue weighted by atomic mass is 35.5. The Morgan fingerprint density at radius 3 is 2.08 bits per heavy atom. The van der Waals surface area contributed by atoms with Crippen LogP contribution in [0.25, 0.3) is 0 Å². The van der Waals surface area contributed by atoms with E-state index >= 15 is 0 Å². The van der Waals surface area contributed by atoms with Crippen molar-refractivity contribution < 1.29 is 14.3 Å². The van der Waals surface area contributed by atoms with E-state index in [2.05, 4.69) is 34.5 Å². The fourth-order valence-electron chi connectivity index (χ4n) is 4.91. The number of halogens is 1. The minimum atomic E-state index is -0.494. The number of hydrogen-bond acceptors (Lipinski definition) is 5. The van der Waals surface area contributed by atoms with Crippen LogP contribution >= 0.6 is 23.7 Å². The maximum Gasteiger partial charge on any atom is 0.341 e. The molecule has 0 aliphatic carbocycles. The minimum Gasteiger partial charge on any atom is -0.462 e. The third-order valence-electron chi connectivity index (χ3n) is 6.63. The molecule has 0 atom stereocenters. The number of benzene rings is 3. The van der Waals surface area contributed by atoms with Crippen LogP contribution in [0.1, 0.15) is 50.3 Å². The van der Waals surface area contributed by atoms with Crippen LogP contribution in [0.3, 0.4) is 0 Å². The van der Waals surface area contributed by atoms with E-state index in [1.165, 1.54) is 16.9 Å². The van der Waals surface area contributed by atoms with Gasteiger partial charge in [-0.15, -0.1) is 23.7 Å². The van der Waals surface area contributed by atoms with E-state index in [0.717, 1.165) is 47.6 Å². The second kappa shape index (κ2) is 12.9. The predicted molar refractivity (Wildman–Crippen MR) is 155 cm³/mol. The first-order chi connectivity index (χ1) is 18.1. The zero-order chi connectivity index (χ0) is 25.6. The second-order valence-electron chi connectivity index (χ2n) is 9.12. The van der Waals surface area contributed by atoms with Gasteiger partial charge in [-0.1, -0.05) is 91.0 Å². The van der Waals surface area contributed by atoms with Crippen molar-refractivity contribution in [3.63, 3.8) is 0 Å². The van der Waals surface area contributed by atoms with E-state index in [-0.39, 0.29) is 30.9 Å². The van der Waals surface area contributed by atoms with Crippen molar-refractivity contribution in [2.24, 2.45) is 0 Å². The zero-order valence-corrected chi connectivity index (χ0v) is 22.9. The Morgan fingerprint density at radius 1 is 0.921 bits per heavy atom. The maximum absolute atomic E-state index is 13.8. The topological polar surface area (TPSA) is 58.6 Å². The Balaban J connectivity index is 0.00000336. The molecule has 0 fully saturated rings. The molecular weight excluding hydrogens is 516 g/mol. The molecule has 1 amide bonds.